The van der Waals surface area contributed by atoms with Gasteiger partial charge in [0.1, 0.15) is 28.9 Å². The number of anilines is 2. The highest BCUT2D eigenvalue weighted by atomic mass is 35.5. The summed E-state index contributed by atoms with van der Waals surface area (Å²) in [6.07, 6.45) is 2.89. The van der Waals surface area contributed by atoms with Gasteiger partial charge in [-0.25, -0.2) is 23.4 Å². The molecule has 3 unspecified atom stereocenters. The third kappa shape index (κ3) is 7.20. The number of hydrogen-bond acceptors (Lipinski definition) is 10. The van der Waals surface area contributed by atoms with Gasteiger partial charge in [-0.15, -0.1) is 0 Å². The molecule has 3 fully saturated rings. The number of hydrogen-bond donors (Lipinski definition) is 2. The lowest BCUT2D eigenvalue weighted by atomic mass is 10.0. The van der Waals surface area contributed by atoms with E-state index < -0.39 is 29.4 Å². The highest BCUT2D eigenvalue weighted by molar-refractivity contribution is 7.22. The molecule has 51 heavy (non-hydrogen) atoms. The van der Waals surface area contributed by atoms with Crippen LogP contribution >= 0.6 is 22.9 Å². The number of amides is 2. The Bertz CT molecular complexity index is 1990. The number of ether oxygens (including phenoxy) is 2. The number of nitrogens with zero attached hydrogens (tertiary/aromatic N) is 6. The average molecular weight is 744 g/mol. The van der Waals surface area contributed by atoms with Crippen LogP contribution in [0, 0.1) is 11.6 Å². The number of fused-ring (bicyclic) bond motifs is 4. The first kappa shape index (κ1) is 35.3. The molecule has 0 spiro atoms. The quantitative estimate of drug-likeness (QED) is 0.193. The monoisotopic (exact) mass is 743 g/mol. The molecule has 2 bridgehead atoms. The van der Waals surface area contributed by atoms with Crippen molar-refractivity contribution in [1.29, 1.82) is 0 Å². The van der Waals surface area contributed by atoms with Crippen molar-refractivity contribution in [2.75, 3.05) is 42.9 Å². The topological polar surface area (TPSA) is 133 Å². The van der Waals surface area contributed by atoms with Crippen LogP contribution in [0.4, 0.5) is 29.3 Å². The summed E-state index contributed by atoms with van der Waals surface area (Å²) >= 11 is 7.79. The van der Waals surface area contributed by atoms with Crippen LogP contribution in [-0.4, -0.2) is 98.6 Å². The maximum absolute atomic E-state index is 17.1. The molecule has 4 aromatic rings. The molecule has 2 aromatic heterocycles. The standard InChI is InChI=1S/C35H40ClF2N7O5S/c1-18(15-43-12-6-5-7-13-43)49-31-39-27-22(30(41-31)45-19-8-9-20(45)17-44(16-19)34(47)48)14-23(36)25(26(27)38)21-10-11-24(37)29-28(21)40-32(51-29)42-33(46)50-35(2,3)4/h10-11,14,18-20H,5-9,12-13,15-17H2,1-4H3,(H,47,48)(H,40,42,46). The average Bonchev–Trinajstić information content (AvgIpc) is 3.59. The summed E-state index contributed by atoms with van der Waals surface area (Å²) in [7, 11) is 0. The number of carboxylic acid groups (broad SMARTS) is 1. The van der Waals surface area contributed by atoms with Crippen LogP contribution in [0.5, 0.6) is 6.01 Å². The minimum Gasteiger partial charge on any atom is -0.465 e. The van der Waals surface area contributed by atoms with Crippen LogP contribution in [0.15, 0.2) is 18.2 Å². The molecule has 3 saturated heterocycles. The van der Waals surface area contributed by atoms with E-state index in [4.69, 9.17) is 26.1 Å². The van der Waals surface area contributed by atoms with Crippen LogP contribution < -0.4 is 15.0 Å². The van der Waals surface area contributed by atoms with Crippen molar-refractivity contribution in [3.8, 4) is 17.1 Å². The predicted molar refractivity (Wildman–Crippen MR) is 192 cm³/mol. The first-order valence-corrected chi connectivity index (χ1v) is 18.4. The zero-order chi connectivity index (χ0) is 36.2. The van der Waals surface area contributed by atoms with Crippen molar-refractivity contribution >= 4 is 67.2 Å². The van der Waals surface area contributed by atoms with Gasteiger partial charge in [0.2, 0.25) is 0 Å². The number of piperazine rings is 1. The Kier molecular flexibility index (Phi) is 9.56. The molecular formula is C35H40ClF2N7O5S. The molecule has 12 nitrogen and oxygen atoms in total. The van der Waals surface area contributed by atoms with Gasteiger partial charge in [0.25, 0.3) is 0 Å². The number of likely N-dealkylation sites (tertiary alicyclic amines) is 2. The molecule has 3 atom stereocenters. The van der Waals surface area contributed by atoms with Gasteiger partial charge >= 0.3 is 18.2 Å². The van der Waals surface area contributed by atoms with E-state index in [1.54, 1.807) is 26.8 Å². The van der Waals surface area contributed by atoms with Crippen LogP contribution in [0.2, 0.25) is 5.02 Å². The van der Waals surface area contributed by atoms with Gasteiger partial charge in [-0.1, -0.05) is 29.4 Å². The fraction of sp³-hybridized carbons (Fsp3) is 0.514. The lowest BCUT2D eigenvalue weighted by Crippen LogP contribution is -2.55. The number of nitrogens with one attached hydrogen (secondary N) is 1. The highest BCUT2D eigenvalue weighted by Crippen LogP contribution is 2.45. The molecule has 3 aliphatic heterocycles. The molecule has 5 heterocycles. The smallest absolute Gasteiger partial charge is 0.413 e. The molecule has 16 heteroatoms. The molecule has 0 saturated carbocycles. The zero-order valence-corrected chi connectivity index (χ0v) is 30.4. The van der Waals surface area contributed by atoms with Gasteiger partial charge in [0, 0.05) is 48.2 Å². The largest absolute Gasteiger partial charge is 0.465 e. The SMILES string of the molecule is CC(CN1CCCCC1)Oc1nc(N2C3CCC2CN(C(=O)O)C3)c2cc(Cl)c(-c3ccc(F)c4sc(NC(=O)OC(C)(C)C)nc34)c(F)c2n1. The Morgan fingerprint density at radius 1 is 1.08 bits per heavy atom. The Hall–Kier alpha value is -4.08. The Balaban J connectivity index is 1.32. The number of thiazole rings is 1. The van der Waals surface area contributed by atoms with E-state index in [0.29, 0.717) is 17.7 Å². The predicted octanol–water partition coefficient (Wildman–Crippen LogP) is 7.77. The highest BCUT2D eigenvalue weighted by Gasteiger charge is 2.43. The maximum atomic E-state index is 17.1. The fourth-order valence-electron chi connectivity index (χ4n) is 7.41. The maximum Gasteiger partial charge on any atom is 0.413 e. The molecule has 2 N–H and O–H groups in total. The Morgan fingerprint density at radius 3 is 2.45 bits per heavy atom. The third-order valence-corrected chi connectivity index (χ3v) is 10.8. The van der Waals surface area contributed by atoms with E-state index in [0.717, 1.165) is 50.1 Å². The summed E-state index contributed by atoms with van der Waals surface area (Å²) in [6.45, 7) is 10.3. The van der Waals surface area contributed by atoms with E-state index >= 15 is 8.78 Å². The normalized spacial score (nSPS) is 20.2. The molecule has 0 radical (unpaired) electrons. The first-order chi connectivity index (χ1) is 24.3. The molecular weight excluding hydrogens is 704 g/mol. The van der Waals surface area contributed by atoms with E-state index in [1.807, 2.05) is 6.92 Å². The summed E-state index contributed by atoms with van der Waals surface area (Å²) in [4.78, 5) is 44.1. The van der Waals surface area contributed by atoms with Gasteiger partial charge in [0.15, 0.2) is 10.9 Å². The van der Waals surface area contributed by atoms with E-state index in [-0.39, 0.29) is 74.3 Å². The zero-order valence-electron chi connectivity index (χ0n) is 28.8. The number of carbonyl (C=O) groups excluding carboxylic acids is 1. The first-order valence-electron chi connectivity index (χ1n) is 17.2. The van der Waals surface area contributed by atoms with Crippen molar-refractivity contribution in [3.63, 3.8) is 0 Å². The van der Waals surface area contributed by atoms with Crippen LogP contribution in [0.1, 0.15) is 59.8 Å². The summed E-state index contributed by atoms with van der Waals surface area (Å²) < 4.78 is 44.0. The summed E-state index contributed by atoms with van der Waals surface area (Å²) in [5, 5.41) is 12.7. The minimum absolute atomic E-state index is 0.00370. The lowest BCUT2D eigenvalue weighted by Gasteiger charge is -2.41. The molecule has 2 amide bonds. The van der Waals surface area contributed by atoms with E-state index in [1.165, 1.54) is 23.5 Å². The third-order valence-electron chi connectivity index (χ3n) is 9.48. The number of halogens is 3. The second-order valence-electron chi connectivity index (χ2n) is 14.5. The van der Waals surface area contributed by atoms with Crippen molar-refractivity contribution in [2.24, 2.45) is 0 Å². The van der Waals surface area contributed by atoms with Gasteiger partial charge < -0.3 is 24.4 Å². The second kappa shape index (κ2) is 13.8. The van der Waals surface area contributed by atoms with Gasteiger partial charge in [-0.2, -0.15) is 9.97 Å². The van der Waals surface area contributed by atoms with Crippen molar-refractivity contribution < 1.29 is 33.0 Å². The molecule has 3 aliphatic rings. The van der Waals surface area contributed by atoms with Crippen molar-refractivity contribution in [1.82, 2.24) is 24.8 Å². The Labute approximate surface area is 302 Å². The number of piperidine rings is 1. The number of carbonyl (C=O) groups is 2. The Morgan fingerprint density at radius 2 is 1.78 bits per heavy atom. The number of rotatable bonds is 7. The van der Waals surface area contributed by atoms with Crippen LogP contribution in [0.3, 0.4) is 0 Å². The van der Waals surface area contributed by atoms with Gasteiger partial charge in [-0.05, 0) is 84.7 Å². The number of aromatic nitrogens is 3. The van der Waals surface area contributed by atoms with Gasteiger partial charge in [0.05, 0.1) is 15.2 Å². The van der Waals surface area contributed by atoms with Gasteiger partial charge in [-0.3, -0.25) is 10.2 Å². The summed E-state index contributed by atoms with van der Waals surface area (Å²) in [5.41, 5.74) is -0.537. The van der Waals surface area contributed by atoms with Crippen molar-refractivity contribution in [3.05, 3.63) is 34.9 Å². The van der Waals surface area contributed by atoms with Crippen LogP contribution in [0.25, 0.3) is 32.2 Å². The van der Waals surface area contributed by atoms with E-state index in [2.05, 4.69) is 25.1 Å². The number of benzene rings is 2. The molecule has 2 aromatic carbocycles. The lowest BCUT2D eigenvalue weighted by molar-refractivity contribution is 0.0635. The summed E-state index contributed by atoms with van der Waals surface area (Å²) in [6, 6.07) is 3.83. The molecule has 7 rings (SSSR count). The molecule has 272 valence electrons. The second-order valence-corrected chi connectivity index (χ2v) is 15.9. The summed E-state index contributed by atoms with van der Waals surface area (Å²) in [5.74, 6) is -0.944. The molecule has 0 aliphatic carbocycles. The fourth-order valence-corrected chi connectivity index (χ4v) is 8.58. The van der Waals surface area contributed by atoms with E-state index in [9.17, 15) is 14.7 Å². The van der Waals surface area contributed by atoms with Crippen molar-refractivity contribution in [2.45, 2.75) is 83.6 Å². The minimum atomic E-state index is -0.981. The van der Waals surface area contributed by atoms with Crippen LogP contribution in [-0.2, 0) is 4.74 Å².